The number of fused-ring (bicyclic) bond motifs is 1. The number of likely N-dealkylation sites (tertiary alicyclic amines) is 2. The van der Waals surface area contributed by atoms with E-state index in [1.807, 2.05) is 50.0 Å². The van der Waals surface area contributed by atoms with Crippen molar-refractivity contribution in [3.8, 4) is 16.9 Å². The minimum atomic E-state index is -0.738. The molecule has 4 heterocycles. The zero-order chi connectivity index (χ0) is 28.7. The van der Waals surface area contributed by atoms with E-state index in [0.717, 1.165) is 29.5 Å². The highest BCUT2D eigenvalue weighted by Gasteiger charge is 2.31. The fourth-order valence-corrected chi connectivity index (χ4v) is 5.22. The average molecular weight is 554 g/mol. The molecule has 0 saturated carbocycles. The number of rotatable bonds is 4. The minimum Gasteiger partial charge on any atom is -0.494 e. The van der Waals surface area contributed by atoms with E-state index in [9.17, 15) is 14.7 Å². The number of piperidine rings is 2. The number of hydrogen-bond donors (Lipinski definition) is 3. The Morgan fingerprint density at radius 3 is 2.48 bits per heavy atom. The standard InChI is InChI=1S/C28H39N7O5/c1-27(2,3)40-26(37)34-12-8-19(9-13-34)35-17-18(16-29-35)20-6-7-21(39-5)23-22(20)30-24(31-23)32-25(36)33-14-10-28(4,38)11-15-33/h6-7,16-17,19,38H,8-15H2,1-5H3,(H2,30,31,32,36). The lowest BCUT2D eigenvalue weighted by atomic mass is 9.94. The van der Waals surface area contributed by atoms with Gasteiger partial charge in [0.1, 0.15) is 16.9 Å². The summed E-state index contributed by atoms with van der Waals surface area (Å²) in [6, 6.07) is 3.71. The number of hydrogen-bond acceptors (Lipinski definition) is 7. The number of aromatic amines is 1. The lowest BCUT2D eigenvalue weighted by Crippen LogP contribution is -2.46. The first kappa shape index (κ1) is 27.8. The Morgan fingerprint density at radius 2 is 1.82 bits per heavy atom. The molecule has 0 atom stereocenters. The van der Waals surface area contributed by atoms with Crippen LogP contribution in [0.3, 0.4) is 0 Å². The van der Waals surface area contributed by atoms with E-state index in [-0.39, 0.29) is 18.2 Å². The molecule has 0 aliphatic carbocycles. The third-order valence-corrected chi connectivity index (χ3v) is 7.58. The number of benzene rings is 1. The van der Waals surface area contributed by atoms with E-state index >= 15 is 0 Å². The molecule has 2 aliphatic rings. The number of carbonyl (C=O) groups excluding carboxylic acids is 2. The van der Waals surface area contributed by atoms with Gasteiger partial charge in [-0.2, -0.15) is 5.10 Å². The molecule has 2 fully saturated rings. The molecule has 216 valence electrons. The lowest BCUT2D eigenvalue weighted by Gasteiger charge is -2.35. The van der Waals surface area contributed by atoms with E-state index in [0.29, 0.717) is 56.2 Å². The zero-order valence-corrected chi connectivity index (χ0v) is 23.9. The molecular weight excluding hydrogens is 514 g/mol. The van der Waals surface area contributed by atoms with Gasteiger partial charge in [-0.05, 0) is 65.5 Å². The summed E-state index contributed by atoms with van der Waals surface area (Å²) in [4.78, 5) is 36.6. The first-order valence-corrected chi connectivity index (χ1v) is 13.8. The molecule has 3 amide bonds. The van der Waals surface area contributed by atoms with Crippen LogP contribution in [0.4, 0.5) is 15.5 Å². The van der Waals surface area contributed by atoms with E-state index in [4.69, 9.17) is 9.47 Å². The lowest BCUT2D eigenvalue weighted by molar-refractivity contribution is 0.00563. The van der Waals surface area contributed by atoms with E-state index < -0.39 is 11.2 Å². The third kappa shape index (κ3) is 6.01. The molecule has 3 N–H and O–H groups in total. The maximum Gasteiger partial charge on any atom is 0.410 e. The molecule has 0 spiro atoms. The molecule has 0 radical (unpaired) electrons. The summed E-state index contributed by atoms with van der Waals surface area (Å²) in [5.41, 5.74) is 1.88. The van der Waals surface area contributed by atoms with Gasteiger partial charge in [0.25, 0.3) is 0 Å². The maximum absolute atomic E-state index is 12.9. The minimum absolute atomic E-state index is 0.170. The number of aliphatic hydroxyl groups is 1. The van der Waals surface area contributed by atoms with E-state index in [2.05, 4.69) is 20.4 Å². The zero-order valence-electron chi connectivity index (χ0n) is 23.9. The van der Waals surface area contributed by atoms with Crippen molar-refractivity contribution in [2.24, 2.45) is 0 Å². The van der Waals surface area contributed by atoms with Crippen LogP contribution in [0, 0.1) is 0 Å². The number of urea groups is 1. The summed E-state index contributed by atoms with van der Waals surface area (Å²) in [6.07, 6.45) is 6.18. The number of aromatic nitrogens is 4. The van der Waals surface area contributed by atoms with Crippen molar-refractivity contribution in [1.29, 1.82) is 0 Å². The number of ether oxygens (including phenoxy) is 2. The molecule has 12 heteroatoms. The fourth-order valence-electron chi connectivity index (χ4n) is 5.22. The second kappa shape index (κ2) is 10.6. The first-order chi connectivity index (χ1) is 18.9. The summed E-state index contributed by atoms with van der Waals surface area (Å²) in [6.45, 7) is 9.58. The van der Waals surface area contributed by atoms with Crippen LogP contribution in [0.1, 0.15) is 59.4 Å². The predicted octanol–water partition coefficient (Wildman–Crippen LogP) is 4.39. The van der Waals surface area contributed by atoms with Gasteiger partial charge in [-0.1, -0.05) is 0 Å². The Morgan fingerprint density at radius 1 is 1.12 bits per heavy atom. The van der Waals surface area contributed by atoms with Gasteiger partial charge in [0.2, 0.25) is 5.95 Å². The van der Waals surface area contributed by atoms with Gasteiger partial charge >= 0.3 is 12.1 Å². The molecule has 40 heavy (non-hydrogen) atoms. The number of nitrogens with one attached hydrogen (secondary N) is 2. The number of amides is 3. The highest BCUT2D eigenvalue weighted by atomic mass is 16.6. The largest absolute Gasteiger partial charge is 0.494 e. The van der Waals surface area contributed by atoms with Crippen molar-refractivity contribution in [1.82, 2.24) is 29.5 Å². The number of imidazole rings is 1. The van der Waals surface area contributed by atoms with Crippen molar-refractivity contribution in [3.05, 3.63) is 24.5 Å². The second-order valence-corrected chi connectivity index (χ2v) is 11.9. The molecule has 2 aliphatic heterocycles. The van der Waals surface area contributed by atoms with Gasteiger partial charge in [0.05, 0.1) is 30.5 Å². The van der Waals surface area contributed by atoms with Gasteiger partial charge in [-0.15, -0.1) is 0 Å². The number of nitrogens with zero attached hydrogens (tertiary/aromatic N) is 5. The molecule has 0 unspecified atom stereocenters. The summed E-state index contributed by atoms with van der Waals surface area (Å²) in [5, 5.41) is 17.7. The molecular formula is C28H39N7O5. The van der Waals surface area contributed by atoms with E-state index in [1.165, 1.54) is 0 Å². The smallest absolute Gasteiger partial charge is 0.410 e. The molecule has 2 aromatic heterocycles. The highest BCUT2D eigenvalue weighted by Crippen LogP contribution is 2.35. The van der Waals surface area contributed by atoms with Crippen LogP contribution in [-0.2, 0) is 4.74 Å². The molecule has 5 rings (SSSR count). The van der Waals surface area contributed by atoms with Gasteiger partial charge in [0, 0.05) is 43.5 Å². The first-order valence-electron chi connectivity index (χ1n) is 13.8. The molecule has 1 aromatic carbocycles. The van der Waals surface area contributed by atoms with Crippen LogP contribution >= 0.6 is 0 Å². The third-order valence-electron chi connectivity index (χ3n) is 7.58. The van der Waals surface area contributed by atoms with Gasteiger partial charge < -0.3 is 29.4 Å². The highest BCUT2D eigenvalue weighted by molar-refractivity contribution is 5.98. The van der Waals surface area contributed by atoms with Crippen molar-refractivity contribution >= 4 is 29.1 Å². The Hall–Kier alpha value is -3.80. The fraction of sp³-hybridized carbons (Fsp3) is 0.571. The Labute approximate surface area is 233 Å². The summed E-state index contributed by atoms with van der Waals surface area (Å²) in [5.74, 6) is 0.913. The molecule has 12 nitrogen and oxygen atoms in total. The normalized spacial score (nSPS) is 18.1. The van der Waals surface area contributed by atoms with Gasteiger partial charge in [-0.25, -0.2) is 14.6 Å². The molecule has 2 saturated heterocycles. The van der Waals surface area contributed by atoms with Crippen LogP contribution in [0.25, 0.3) is 22.2 Å². The Kier molecular flexibility index (Phi) is 7.38. The Bertz CT molecular complexity index is 1370. The van der Waals surface area contributed by atoms with Gasteiger partial charge in [0.15, 0.2) is 0 Å². The summed E-state index contributed by atoms with van der Waals surface area (Å²) >= 11 is 0. The quantitative estimate of drug-likeness (QED) is 0.436. The monoisotopic (exact) mass is 553 g/mol. The van der Waals surface area contributed by atoms with Crippen LogP contribution in [0.15, 0.2) is 24.5 Å². The summed E-state index contributed by atoms with van der Waals surface area (Å²) in [7, 11) is 1.59. The van der Waals surface area contributed by atoms with Crippen LogP contribution < -0.4 is 10.1 Å². The van der Waals surface area contributed by atoms with Crippen molar-refractivity contribution in [2.75, 3.05) is 38.6 Å². The molecule has 3 aromatic rings. The number of methoxy groups -OCH3 is 1. The number of H-pyrrole nitrogens is 1. The number of anilines is 1. The average Bonchev–Trinajstić information content (AvgIpc) is 3.55. The van der Waals surface area contributed by atoms with Crippen LogP contribution in [0.2, 0.25) is 0 Å². The van der Waals surface area contributed by atoms with Crippen molar-refractivity contribution < 1.29 is 24.2 Å². The second-order valence-electron chi connectivity index (χ2n) is 11.9. The Balaban J connectivity index is 1.30. The molecule has 0 bridgehead atoms. The van der Waals surface area contributed by atoms with E-state index in [1.54, 1.807) is 23.8 Å². The van der Waals surface area contributed by atoms with Gasteiger partial charge in [-0.3, -0.25) is 10.00 Å². The van der Waals surface area contributed by atoms with Crippen LogP contribution in [0.5, 0.6) is 5.75 Å². The summed E-state index contributed by atoms with van der Waals surface area (Å²) < 4.78 is 13.0. The SMILES string of the molecule is COc1ccc(-c2cnn(C3CCN(C(=O)OC(C)(C)C)CC3)c2)c2[nH]c(NC(=O)N3CCC(C)(O)CC3)nc12. The van der Waals surface area contributed by atoms with Crippen molar-refractivity contribution in [2.45, 2.75) is 70.6 Å². The topological polar surface area (TPSA) is 138 Å². The number of carbonyl (C=O) groups is 2. The maximum atomic E-state index is 12.9. The van der Waals surface area contributed by atoms with Crippen LogP contribution in [-0.4, -0.2) is 91.3 Å². The van der Waals surface area contributed by atoms with Crippen molar-refractivity contribution in [3.63, 3.8) is 0 Å². The predicted molar refractivity (Wildman–Crippen MR) is 150 cm³/mol.